The second-order valence-corrected chi connectivity index (χ2v) is 6.10. The van der Waals surface area contributed by atoms with Gasteiger partial charge in [0.05, 0.1) is 0 Å². The predicted octanol–water partition coefficient (Wildman–Crippen LogP) is 1.25. The molecule has 1 aromatic rings. The molecular formula is C16H19BO5. The van der Waals surface area contributed by atoms with Crippen LogP contribution in [0.5, 0.6) is 5.75 Å². The molecule has 0 spiro atoms. The van der Waals surface area contributed by atoms with Gasteiger partial charge in [-0.05, 0) is 48.9 Å². The van der Waals surface area contributed by atoms with E-state index in [0.29, 0.717) is 18.4 Å². The van der Waals surface area contributed by atoms with Crippen molar-refractivity contribution >= 4 is 18.9 Å². The third-order valence-electron chi connectivity index (χ3n) is 4.86. The Bertz CT molecular complexity index is 591. The fourth-order valence-corrected chi connectivity index (χ4v) is 3.78. The second-order valence-electron chi connectivity index (χ2n) is 6.10. The van der Waals surface area contributed by atoms with E-state index in [9.17, 15) is 9.59 Å². The first-order chi connectivity index (χ1) is 10.5. The van der Waals surface area contributed by atoms with Gasteiger partial charge in [-0.3, -0.25) is 9.59 Å². The Hall–Kier alpha value is -1.66. The molecule has 0 radical (unpaired) electrons. The fraction of sp³-hybridized carbons (Fsp3) is 0.500. The van der Waals surface area contributed by atoms with Crippen molar-refractivity contribution in [3.63, 3.8) is 0 Å². The Morgan fingerprint density at radius 2 is 1.82 bits per heavy atom. The Labute approximate surface area is 129 Å². The number of ketones is 2. The van der Waals surface area contributed by atoms with E-state index >= 15 is 0 Å². The summed E-state index contributed by atoms with van der Waals surface area (Å²) in [7, 11) is -1.92. The van der Waals surface area contributed by atoms with E-state index in [2.05, 4.69) is 0 Å². The molecule has 2 unspecified atom stereocenters. The van der Waals surface area contributed by atoms with Gasteiger partial charge in [-0.1, -0.05) is 13.0 Å². The highest BCUT2D eigenvalue weighted by atomic mass is 16.6. The smallest absolute Gasteiger partial charge is 0.512 e. The molecule has 3 rings (SSSR count). The Kier molecular flexibility index (Phi) is 4.06. The maximum Gasteiger partial charge on any atom is 0.707 e. The van der Waals surface area contributed by atoms with Crippen molar-refractivity contribution in [3.05, 3.63) is 29.3 Å². The van der Waals surface area contributed by atoms with Crippen molar-refractivity contribution in [3.8, 4) is 5.75 Å². The zero-order valence-electron chi connectivity index (χ0n) is 12.5. The van der Waals surface area contributed by atoms with Crippen LogP contribution in [-0.4, -0.2) is 28.9 Å². The molecule has 5 nitrogen and oxygen atoms in total. The summed E-state index contributed by atoms with van der Waals surface area (Å²) in [6, 6.07) is 5.00. The minimum absolute atomic E-state index is 0.00888. The maximum atomic E-state index is 12.6. The van der Waals surface area contributed by atoms with Gasteiger partial charge in [-0.25, -0.2) is 0 Å². The standard InChI is InChI=1S/C16H19BO5/c1-2-9-5-6-12(22-17(20)21)8-13(9)14-15(18)10-3-4-11(7-10)16(14)19/h5-6,8,10-11,14,20-21H,2-4,7H2,1H3. The van der Waals surface area contributed by atoms with Crippen LogP contribution in [-0.2, 0) is 16.0 Å². The lowest BCUT2D eigenvalue weighted by atomic mass is 9.74. The first kappa shape index (κ1) is 15.2. The topological polar surface area (TPSA) is 83.8 Å². The van der Waals surface area contributed by atoms with Gasteiger partial charge in [0.1, 0.15) is 11.7 Å². The lowest BCUT2D eigenvalue weighted by Crippen LogP contribution is -2.35. The SMILES string of the molecule is CCc1ccc(OB(O)O)cc1C1C(=O)C2CCC(C2)C1=O. The van der Waals surface area contributed by atoms with Crippen LogP contribution in [0.25, 0.3) is 0 Å². The Morgan fingerprint density at radius 3 is 2.36 bits per heavy atom. The largest absolute Gasteiger partial charge is 0.707 e. The summed E-state index contributed by atoms with van der Waals surface area (Å²) >= 11 is 0. The minimum atomic E-state index is -1.92. The van der Waals surface area contributed by atoms with E-state index in [0.717, 1.165) is 18.4 Å². The molecule has 0 aliphatic heterocycles. The zero-order chi connectivity index (χ0) is 15.9. The molecule has 2 N–H and O–H groups in total. The third-order valence-corrected chi connectivity index (χ3v) is 4.86. The molecule has 0 amide bonds. The van der Waals surface area contributed by atoms with E-state index < -0.39 is 13.2 Å². The number of carbonyl (C=O) groups excluding carboxylic acids is 2. The number of Topliss-reactive ketones (excluding diaryl/α,β-unsaturated/α-hetero) is 2. The summed E-state index contributed by atoms with van der Waals surface area (Å²) in [5.74, 6) is -0.470. The quantitative estimate of drug-likeness (QED) is 0.646. The van der Waals surface area contributed by atoms with Crippen LogP contribution in [0.4, 0.5) is 0 Å². The van der Waals surface area contributed by atoms with Gasteiger partial charge in [0, 0.05) is 11.8 Å². The number of benzene rings is 1. The number of hydrogen-bond acceptors (Lipinski definition) is 5. The highest BCUT2D eigenvalue weighted by Crippen LogP contribution is 2.45. The predicted molar refractivity (Wildman–Crippen MR) is 80.2 cm³/mol. The summed E-state index contributed by atoms with van der Waals surface area (Å²) in [4.78, 5) is 25.3. The van der Waals surface area contributed by atoms with Crippen LogP contribution >= 0.6 is 0 Å². The van der Waals surface area contributed by atoms with E-state index in [1.807, 2.05) is 6.92 Å². The van der Waals surface area contributed by atoms with E-state index in [-0.39, 0.29) is 29.2 Å². The van der Waals surface area contributed by atoms with Crippen LogP contribution in [0.15, 0.2) is 18.2 Å². The lowest BCUT2D eigenvalue weighted by Gasteiger charge is -2.27. The van der Waals surface area contributed by atoms with E-state index in [1.54, 1.807) is 18.2 Å². The molecule has 116 valence electrons. The lowest BCUT2D eigenvalue weighted by molar-refractivity contribution is -0.135. The minimum Gasteiger partial charge on any atom is -0.512 e. The summed E-state index contributed by atoms with van der Waals surface area (Å²) in [6.07, 6.45) is 3.00. The van der Waals surface area contributed by atoms with Gasteiger partial charge >= 0.3 is 7.32 Å². The van der Waals surface area contributed by atoms with E-state index in [4.69, 9.17) is 14.7 Å². The van der Waals surface area contributed by atoms with Gasteiger partial charge in [0.15, 0.2) is 11.6 Å². The van der Waals surface area contributed by atoms with Crippen molar-refractivity contribution in [1.29, 1.82) is 0 Å². The van der Waals surface area contributed by atoms with Crippen molar-refractivity contribution in [2.75, 3.05) is 0 Å². The average Bonchev–Trinajstić information content (AvgIpc) is 2.92. The van der Waals surface area contributed by atoms with Gasteiger partial charge in [-0.2, -0.15) is 0 Å². The molecular weight excluding hydrogens is 283 g/mol. The number of aryl methyl sites for hydroxylation is 1. The second kappa shape index (κ2) is 5.86. The van der Waals surface area contributed by atoms with Crippen LogP contribution < -0.4 is 4.65 Å². The number of carbonyl (C=O) groups is 2. The average molecular weight is 302 g/mol. The molecule has 2 bridgehead atoms. The molecule has 6 heteroatoms. The summed E-state index contributed by atoms with van der Waals surface area (Å²) < 4.78 is 4.87. The van der Waals surface area contributed by atoms with Crippen LogP contribution in [0.1, 0.15) is 43.2 Å². The number of rotatable bonds is 4. The number of fused-ring (bicyclic) bond motifs is 2. The molecule has 2 aliphatic rings. The third kappa shape index (κ3) is 2.57. The van der Waals surface area contributed by atoms with Crippen molar-refractivity contribution in [2.24, 2.45) is 11.8 Å². The number of hydrogen-bond donors (Lipinski definition) is 2. The normalized spacial score (nSPS) is 27.1. The maximum absolute atomic E-state index is 12.6. The molecule has 0 saturated heterocycles. The Morgan fingerprint density at radius 1 is 1.18 bits per heavy atom. The highest BCUT2D eigenvalue weighted by molar-refractivity contribution is 6.33. The zero-order valence-corrected chi connectivity index (χ0v) is 12.5. The van der Waals surface area contributed by atoms with E-state index in [1.165, 1.54) is 0 Å². The van der Waals surface area contributed by atoms with Crippen molar-refractivity contribution in [1.82, 2.24) is 0 Å². The molecule has 2 fully saturated rings. The molecule has 2 atom stereocenters. The van der Waals surface area contributed by atoms with Gasteiger partial charge in [-0.15, -0.1) is 0 Å². The Balaban J connectivity index is 2.01. The van der Waals surface area contributed by atoms with Gasteiger partial charge in [0.2, 0.25) is 0 Å². The monoisotopic (exact) mass is 302 g/mol. The van der Waals surface area contributed by atoms with Gasteiger partial charge < -0.3 is 14.7 Å². The van der Waals surface area contributed by atoms with Crippen molar-refractivity contribution < 1.29 is 24.3 Å². The first-order valence-corrected chi connectivity index (χ1v) is 7.74. The highest BCUT2D eigenvalue weighted by Gasteiger charge is 2.47. The summed E-state index contributed by atoms with van der Waals surface area (Å²) in [6.45, 7) is 1.96. The van der Waals surface area contributed by atoms with Crippen LogP contribution in [0.2, 0.25) is 0 Å². The molecule has 1 aromatic carbocycles. The molecule has 0 aromatic heterocycles. The van der Waals surface area contributed by atoms with Crippen molar-refractivity contribution in [2.45, 2.75) is 38.5 Å². The van der Waals surface area contributed by atoms with Crippen LogP contribution in [0, 0.1) is 11.8 Å². The van der Waals surface area contributed by atoms with Gasteiger partial charge in [0.25, 0.3) is 0 Å². The summed E-state index contributed by atoms with van der Waals surface area (Å²) in [5.41, 5.74) is 1.58. The molecule has 2 saturated carbocycles. The van der Waals surface area contributed by atoms with Crippen LogP contribution in [0.3, 0.4) is 0 Å². The molecule has 2 aliphatic carbocycles. The fourth-order valence-electron chi connectivity index (χ4n) is 3.78. The first-order valence-electron chi connectivity index (χ1n) is 7.74. The molecule has 0 heterocycles. The molecule has 22 heavy (non-hydrogen) atoms. The summed E-state index contributed by atoms with van der Waals surface area (Å²) in [5, 5.41) is 17.9.